The fourth-order valence-corrected chi connectivity index (χ4v) is 0.376. The lowest BCUT2D eigenvalue weighted by atomic mass is 10.4. The Bertz CT molecular complexity index is 92.2. The maximum absolute atomic E-state index is 10.1. The fraction of sp³-hybridized carbons (Fsp3) is 0.667. The highest BCUT2D eigenvalue weighted by Gasteiger charge is 2.18. The van der Waals surface area contributed by atoms with E-state index in [4.69, 9.17) is 5.11 Å². The summed E-state index contributed by atoms with van der Waals surface area (Å²) in [5.74, 6) is -0.271. The summed E-state index contributed by atoms with van der Waals surface area (Å²) in [6, 6.07) is 0. The average molecular weight is 103 g/mol. The van der Waals surface area contributed by atoms with Crippen molar-refractivity contribution in [2.75, 3.05) is 0 Å². The van der Waals surface area contributed by atoms with Crippen LogP contribution < -0.4 is 5.48 Å². The molecule has 0 aromatic heterocycles. The number of rotatable bonds is 0. The SMILES string of the molecule is O=C1CC(O)ON1. The summed E-state index contributed by atoms with van der Waals surface area (Å²) in [6.07, 6.45) is -0.882. The minimum absolute atomic E-state index is 0.0556. The van der Waals surface area contributed by atoms with Gasteiger partial charge in [0.05, 0.1) is 6.42 Å². The summed E-state index contributed by atoms with van der Waals surface area (Å²) in [6.45, 7) is 0. The molecule has 1 saturated heterocycles. The zero-order chi connectivity index (χ0) is 5.28. The Morgan fingerprint density at radius 1 is 2.00 bits per heavy atom. The van der Waals surface area contributed by atoms with Crippen LogP contribution in [0.5, 0.6) is 0 Å². The van der Waals surface area contributed by atoms with E-state index in [1.807, 2.05) is 5.48 Å². The Kier molecular flexibility index (Phi) is 0.958. The molecule has 0 aromatic rings. The van der Waals surface area contributed by atoms with Crippen LogP contribution in [-0.4, -0.2) is 17.3 Å². The number of hydroxylamine groups is 1. The van der Waals surface area contributed by atoms with Crippen LogP contribution in [0.15, 0.2) is 0 Å². The first-order valence-corrected chi connectivity index (χ1v) is 1.91. The van der Waals surface area contributed by atoms with Crippen molar-refractivity contribution in [3.8, 4) is 0 Å². The van der Waals surface area contributed by atoms with Crippen molar-refractivity contribution >= 4 is 5.91 Å². The summed E-state index contributed by atoms with van der Waals surface area (Å²) < 4.78 is 0. The van der Waals surface area contributed by atoms with Crippen LogP contribution in [0.4, 0.5) is 0 Å². The van der Waals surface area contributed by atoms with Crippen LogP contribution in [0.2, 0.25) is 0 Å². The van der Waals surface area contributed by atoms with Crippen molar-refractivity contribution in [2.24, 2.45) is 0 Å². The van der Waals surface area contributed by atoms with E-state index in [9.17, 15) is 4.79 Å². The summed E-state index contributed by atoms with van der Waals surface area (Å²) in [5, 5.41) is 8.39. The Balaban J connectivity index is 2.40. The third kappa shape index (κ3) is 0.880. The monoisotopic (exact) mass is 103 g/mol. The van der Waals surface area contributed by atoms with Gasteiger partial charge in [-0.2, -0.15) is 0 Å². The molecule has 1 heterocycles. The molecule has 1 rings (SSSR count). The normalized spacial score (nSPS) is 30.4. The van der Waals surface area contributed by atoms with Gasteiger partial charge in [-0.1, -0.05) is 0 Å². The second kappa shape index (κ2) is 1.48. The highest BCUT2D eigenvalue weighted by atomic mass is 16.7. The molecule has 0 spiro atoms. The lowest BCUT2D eigenvalue weighted by molar-refractivity contribution is -0.129. The molecule has 40 valence electrons. The molecule has 0 bridgehead atoms. The summed E-state index contributed by atoms with van der Waals surface area (Å²) >= 11 is 0. The van der Waals surface area contributed by atoms with Crippen molar-refractivity contribution in [3.05, 3.63) is 0 Å². The lowest BCUT2D eigenvalue weighted by Crippen LogP contribution is -2.11. The number of amides is 1. The quantitative estimate of drug-likeness (QED) is 0.403. The Labute approximate surface area is 40.0 Å². The molecule has 1 aliphatic heterocycles. The largest absolute Gasteiger partial charge is 0.366 e. The Hall–Kier alpha value is -0.610. The minimum atomic E-state index is -0.938. The molecule has 1 atom stereocenters. The van der Waals surface area contributed by atoms with Gasteiger partial charge in [-0.05, 0) is 0 Å². The number of nitrogens with one attached hydrogen (secondary N) is 1. The molecule has 0 aromatic carbocycles. The molecular formula is C3H5NO3. The number of carbonyl (C=O) groups is 1. The summed E-state index contributed by atoms with van der Waals surface area (Å²) in [4.78, 5) is 14.3. The van der Waals surface area contributed by atoms with Crippen LogP contribution in [0, 0.1) is 0 Å². The molecule has 1 amide bonds. The predicted molar refractivity (Wildman–Crippen MR) is 19.9 cm³/mol. The van der Waals surface area contributed by atoms with Gasteiger partial charge in [-0.25, -0.2) is 10.3 Å². The van der Waals surface area contributed by atoms with Crippen molar-refractivity contribution in [3.63, 3.8) is 0 Å². The molecule has 0 radical (unpaired) electrons. The molecule has 1 unspecified atom stereocenters. The highest BCUT2D eigenvalue weighted by Crippen LogP contribution is 1.97. The number of carbonyl (C=O) groups excluding carboxylic acids is 1. The van der Waals surface area contributed by atoms with Gasteiger partial charge >= 0.3 is 0 Å². The van der Waals surface area contributed by atoms with Gasteiger partial charge in [-0.15, -0.1) is 0 Å². The van der Waals surface area contributed by atoms with E-state index >= 15 is 0 Å². The lowest BCUT2D eigenvalue weighted by Gasteiger charge is -1.91. The van der Waals surface area contributed by atoms with Gasteiger partial charge in [-0.3, -0.25) is 4.79 Å². The number of hydrogen-bond donors (Lipinski definition) is 2. The molecule has 4 heteroatoms. The molecule has 7 heavy (non-hydrogen) atoms. The van der Waals surface area contributed by atoms with Crippen molar-refractivity contribution in [1.29, 1.82) is 0 Å². The molecule has 0 aliphatic carbocycles. The smallest absolute Gasteiger partial charge is 0.248 e. The van der Waals surface area contributed by atoms with E-state index in [0.717, 1.165) is 0 Å². The number of aliphatic hydroxyl groups excluding tert-OH is 1. The van der Waals surface area contributed by atoms with Crippen molar-refractivity contribution < 1.29 is 14.7 Å². The Morgan fingerprint density at radius 3 is 2.86 bits per heavy atom. The maximum atomic E-state index is 10.1. The van der Waals surface area contributed by atoms with E-state index in [2.05, 4.69) is 4.84 Å². The van der Waals surface area contributed by atoms with Crippen LogP contribution in [0.1, 0.15) is 6.42 Å². The highest BCUT2D eigenvalue weighted by molar-refractivity contribution is 5.76. The third-order valence-electron chi connectivity index (χ3n) is 0.669. The molecule has 4 nitrogen and oxygen atoms in total. The fourth-order valence-electron chi connectivity index (χ4n) is 0.376. The van der Waals surface area contributed by atoms with Crippen LogP contribution in [0.25, 0.3) is 0 Å². The molecule has 1 aliphatic rings. The van der Waals surface area contributed by atoms with E-state index in [-0.39, 0.29) is 12.3 Å². The zero-order valence-corrected chi connectivity index (χ0v) is 3.55. The standard InChI is InChI=1S/C3H5NO3/c5-2-1-3(6)7-4-2/h3,6H,1H2,(H,4,5). The van der Waals surface area contributed by atoms with Gasteiger partial charge in [0.25, 0.3) is 0 Å². The number of aliphatic hydroxyl groups is 1. The van der Waals surface area contributed by atoms with Crippen LogP contribution in [-0.2, 0) is 9.63 Å². The van der Waals surface area contributed by atoms with Gasteiger partial charge in [0.2, 0.25) is 5.91 Å². The number of hydrogen-bond acceptors (Lipinski definition) is 3. The summed E-state index contributed by atoms with van der Waals surface area (Å²) in [7, 11) is 0. The van der Waals surface area contributed by atoms with Crippen molar-refractivity contribution in [1.82, 2.24) is 5.48 Å². The van der Waals surface area contributed by atoms with Gasteiger partial charge in [0.15, 0.2) is 6.29 Å². The van der Waals surface area contributed by atoms with E-state index in [1.165, 1.54) is 0 Å². The second-order valence-corrected chi connectivity index (χ2v) is 1.30. The first kappa shape index (κ1) is 4.55. The first-order chi connectivity index (χ1) is 3.29. The van der Waals surface area contributed by atoms with Crippen LogP contribution >= 0.6 is 0 Å². The van der Waals surface area contributed by atoms with Gasteiger partial charge in [0.1, 0.15) is 0 Å². The molecule has 1 fully saturated rings. The molecular weight excluding hydrogens is 98.0 g/mol. The predicted octanol–water partition coefficient (Wildman–Crippen LogP) is -1.24. The molecule has 0 saturated carbocycles. The van der Waals surface area contributed by atoms with E-state index in [0.29, 0.717) is 0 Å². The average Bonchev–Trinajstić information content (AvgIpc) is 1.87. The minimum Gasteiger partial charge on any atom is -0.366 e. The molecule has 2 N–H and O–H groups in total. The van der Waals surface area contributed by atoms with E-state index < -0.39 is 6.29 Å². The van der Waals surface area contributed by atoms with Crippen molar-refractivity contribution in [2.45, 2.75) is 12.7 Å². The maximum Gasteiger partial charge on any atom is 0.248 e. The van der Waals surface area contributed by atoms with Crippen LogP contribution in [0.3, 0.4) is 0 Å². The van der Waals surface area contributed by atoms with Gasteiger partial charge in [0, 0.05) is 0 Å². The zero-order valence-electron chi connectivity index (χ0n) is 3.55. The summed E-state index contributed by atoms with van der Waals surface area (Å²) in [5.41, 5.74) is 1.98. The first-order valence-electron chi connectivity index (χ1n) is 1.91. The van der Waals surface area contributed by atoms with E-state index in [1.54, 1.807) is 0 Å². The third-order valence-corrected chi connectivity index (χ3v) is 0.669. The second-order valence-electron chi connectivity index (χ2n) is 1.30. The Morgan fingerprint density at radius 2 is 2.71 bits per heavy atom. The van der Waals surface area contributed by atoms with Gasteiger partial charge < -0.3 is 5.11 Å². The topological polar surface area (TPSA) is 58.6 Å².